The zero-order chi connectivity index (χ0) is 31.4. The summed E-state index contributed by atoms with van der Waals surface area (Å²) in [4.78, 5) is 40.3. The van der Waals surface area contributed by atoms with Gasteiger partial charge < -0.3 is 20.2 Å². The Morgan fingerprint density at radius 2 is 2.00 bits per heavy atom. The molecule has 0 radical (unpaired) electrons. The van der Waals surface area contributed by atoms with Crippen LogP contribution >= 0.6 is 11.3 Å². The first-order chi connectivity index (χ1) is 20.0. The minimum absolute atomic E-state index is 0.108. The van der Waals surface area contributed by atoms with E-state index in [9.17, 15) is 18.8 Å². The van der Waals surface area contributed by atoms with Crippen LogP contribution in [-0.2, 0) is 22.5 Å². The van der Waals surface area contributed by atoms with E-state index >= 15 is 0 Å². The van der Waals surface area contributed by atoms with Crippen LogP contribution in [0.3, 0.4) is 0 Å². The van der Waals surface area contributed by atoms with Crippen LogP contribution in [0.15, 0.2) is 32.9 Å². The summed E-state index contributed by atoms with van der Waals surface area (Å²) in [5.74, 6) is -0.414. The molecule has 0 aliphatic heterocycles. The van der Waals surface area contributed by atoms with Crippen molar-refractivity contribution >= 4 is 44.9 Å². The highest BCUT2D eigenvalue weighted by molar-refractivity contribution is 7.22. The Morgan fingerprint density at radius 1 is 1.29 bits per heavy atom. The van der Waals surface area contributed by atoms with Gasteiger partial charge in [0.25, 0.3) is 5.56 Å². The van der Waals surface area contributed by atoms with Gasteiger partial charge in [0, 0.05) is 31.5 Å². The van der Waals surface area contributed by atoms with Crippen molar-refractivity contribution in [3.8, 4) is 11.8 Å². The van der Waals surface area contributed by atoms with Crippen LogP contribution in [-0.4, -0.2) is 54.3 Å². The van der Waals surface area contributed by atoms with E-state index in [-0.39, 0.29) is 24.4 Å². The summed E-state index contributed by atoms with van der Waals surface area (Å²) < 4.78 is 26.2. The van der Waals surface area contributed by atoms with Gasteiger partial charge in [0.15, 0.2) is 0 Å². The zero-order valence-electron chi connectivity index (χ0n) is 24.5. The number of nitrogens with zero attached hydrogens (tertiary/aromatic N) is 4. The number of fused-ring (bicyclic) bond motifs is 1. The lowest BCUT2D eigenvalue weighted by Crippen LogP contribution is -2.47. The fourth-order valence-electron chi connectivity index (χ4n) is 3.99. The highest BCUT2D eigenvalue weighted by Crippen LogP contribution is 2.33. The van der Waals surface area contributed by atoms with Crippen molar-refractivity contribution in [3.05, 3.63) is 56.0 Å². The number of nitriles is 1. The van der Waals surface area contributed by atoms with Gasteiger partial charge in [-0.15, -0.1) is 0 Å². The zero-order valence-corrected chi connectivity index (χ0v) is 25.3. The van der Waals surface area contributed by atoms with Crippen molar-refractivity contribution in [2.24, 2.45) is 5.10 Å². The Kier molecular flexibility index (Phi) is 13.0. The van der Waals surface area contributed by atoms with Crippen LogP contribution < -0.4 is 26.7 Å². The number of hydrogen-bond donors (Lipinski definition) is 3. The molecule has 0 aliphatic carbocycles. The second-order valence-electron chi connectivity index (χ2n) is 9.35. The topological polar surface area (TPSA) is 164 Å². The SMILES string of the molecule is COCCC#N.COc1ccc(F)cc1CCn1c(=O)n(C(C)C(=O)NC(C)C)c(=O)c2c(C)c(N/N=C\C=N)sc21. The van der Waals surface area contributed by atoms with Gasteiger partial charge in [0.05, 0.1) is 37.8 Å². The summed E-state index contributed by atoms with van der Waals surface area (Å²) in [7, 11) is 3.06. The number of ether oxygens (including phenoxy) is 2. The van der Waals surface area contributed by atoms with Gasteiger partial charge in [-0.05, 0) is 57.9 Å². The molecular weight excluding hydrogens is 565 g/mol. The summed E-state index contributed by atoms with van der Waals surface area (Å²) in [6, 6.07) is 4.86. The monoisotopic (exact) mass is 601 g/mol. The second-order valence-corrected chi connectivity index (χ2v) is 10.3. The lowest BCUT2D eigenvalue weighted by Gasteiger charge is -2.19. The van der Waals surface area contributed by atoms with Gasteiger partial charge in [-0.3, -0.25) is 19.6 Å². The molecule has 3 N–H and O–H groups in total. The lowest BCUT2D eigenvalue weighted by atomic mass is 10.1. The van der Waals surface area contributed by atoms with E-state index in [0.717, 1.165) is 22.1 Å². The van der Waals surface area contributed by atoms with Crippen LogP contribution in [0.2, 0.25) is 0 Å². The standard InChI is InChI=1S/C24H29FN6O4S.C4H7NO/c1-13(2)28-20(32)15(4)31-22(33)19-14(3)21(29-27-10-9-26)36-23(19)30(24(31)34)11-8-16-12-17(25)6-7-18(16)35-5;1-6-4-2-3-5/h6-7,9-10,12-13,15,26,29H,8,11H2,1-5H3,(H,28,32);2,4H2,1H3/b26-9?,27-10-;. The molecule has 1 aromatic carbocycles. The molecule has 0 saturated heterocycles. The summed E-state index contributed by atoms with van der Waals surface area (Å²) in [5.41, 5.74) is 2.68. The van der Waals surface area contributed by atoms with Crippen LogP contribution in [0, 0.1) is 29.5 Å². The van der Waals surface area contributed by atoms with Gasteiger partial charge in [0.2, 0.25) is 5.91 Å². The number of amides is 1. The van der Waals surface area contributed by atoms with Crippen molar-refractivity contribution in [1.29, 1.82) is 10.7 Å². The molecule has 2 aromatic heterocycles. The molecule has 1 atom stereocenters. The molecule has 3 rings (SSSR count). The molecular formula is C28H36FN7O5S. The van der Waals surface area contributed by atoms with Crippen LogP contribution in [0.25, 0.3) is 10.2 Å². The molecule has 1 unspecified atom stereocenters. The third-order valence-electron chi connectivity index (χ3n) is 6.02. The maximum Gasteiger partial charge on any atom is 0.332 e. The van der Waals surface area contributed by atoms with Crippen molar-refractivity contribution in [1.82, 2.24) is 14.5 Å². The van der Waals surface area contributed by atoms with Gasteiger partial charge in [-0.1, -0.05) is 11.3 Å². The number of methoxy groups -OCH3 is 2. The van der Waals surface area contributed by atoms with Crippen LogP contribution in [0.5, 0.6) is 5.75 Å². The molecule has 2 heterocycles. The highest BCUT2D eigenvalue weighted by atomic mass is 32.1. The van der Waals surface area contributed by atoms with E-state index in [1.165, 1.54) is 43.0 Å². The smallest absolute Gasteiger partial charge is 0.332 e. The van der Waals surface area contributed by atoms with E-state index in [0.29, 0.717) is 39.7 Å². The number of rotatable bonds is 12. The largest absolute Gasteiger partial charge is 0.496 e. The highest BCUT2D eigenvalue weighted by Gasteiger charge is 2.26. The summed E-state index contributed by atoms with van der Waals surface area (Å²) in [5, 5.41) is 22.4. The number of nitrogens with one attached hydrogen (secondary N) is 3. The van der Waals surface area contributed by atoms with Gasteiger partial charge in [0.1, 0.15) is 27.4 Å². The van der Waals surface area contributed by atoms with Gasteiger partial charge in [-0.2, -0.15) is 10.4 Å². The van der Waals surface area contributed by atoms with Gasteiger partial charge in [-0.25, -0.2) is 13.8 Å². The molecule has 12 nitrogen and oxygen atoms in total. The predicted octanol–water partition coefficient (Wildman–Crippen LogP) is 3.60. The summed E-state index contributed by atoms with van der Waals surface area (Å²) in [6.45, 7) is 7.46. The maximum atomic E-state index is 13.9. The number of aryl methyl sites for hydroxylation is 3. The first-order valence-corrected chi connectivity index (χ1v) is 13.9. The minimum Gasteiger partial charge on any atom is -0.496 e. The summed E-state index contributed by atoms with van der Waals surface area (Å²) in [6.07, 6.45) is 2.98. The predicted molar refractivity (Wildman–Crippen MR) is 163 cm³/mol. The molecule has 1 amide bonds. The Balaban J connectivity index is 0.000000928. The average molecular weight is 602 g/mol. The quantitative estimate of drug-likeness (QED) is 0.162. The number of carbonyl (C=O) groups excluding carboxylic acids is 1. The van der Waals surface area contributed by atoms with Crippen molar-refractivity contribution < 1.29 is 18.7 Å². The molecule has 42 heavy (non-hydrogen) atoms. The Labute approximate surface area is 246 Å². The third kappa shape index (κ3) is 8.34. The van der Waals surface area contributed by atoms with E-state index in [1.807, 2.05) is 6.07 Å². The Bertz CT molecular complexity index is 1590. The molecule has 0 bridgehead atoms. The molecule has 0 fully saturated rings. The first kappa shape index (κ1) is 33.9. The third-order valence-corrected chi connectivity index (χ3v) is 7.24. The second kappa shape index (κ2) is 16.2. The number of halogens is 1. The van der Waals surface area contributed by atoms with Crippen molar-refractivity contribution in [2.75, 3.05) is 26.3 Å². The fraction of sp³-hybridized carbons (Fsp3) is 0.429. The van der Waals surface area contributed by atoms with Gasteiger partial charge >= 0.3 is 5.69 Å². The Hall–Kier alpha value is -4.35. The number of aromatic nitrogens is 2. The molecule has 14 heteroatoms. The van der Waals surface area contributed by atoms with E-state index < -0.39 is 29.0 Å². The average Bonchev–Trinajstić information content (AvgIpc) is 3.27. The number of hydrazone groups is 1. The number of carbonyl (C=O) groups is 1. The molecule has 226 valence electrons. The summed E-state index contributed by atoms with van der Waals surface area (Å²) >= 11 is 1.16. The van der Waals surface area contributed by atoms with Crippen LogP contribution in [0.4, 0.5) is 9.39 Å². The molecule has 0 spiro atoms. The van der Waals surface area contributed by atoms with Crippen LogP contribution in [0.1, 0.15) is 44.4 Å². The minimum atomic E-state index is -1.06. The molecule has 0 aliphatic rings. The molecule has 3 aromatic rings. The van der Waals surface area contributed by atoms with Crippen molar-refractivity contribution in [3.63, 3.8) is 0 Å². The fourth-order valence-corrected chi connectivity index (χ4v) is 5.16. The number of benzene rings is 1. The first-order valence-electron chi connectivity index (χ1n) is 13.1. The van der Waals surface area contributed by atoms with E-state index in [4.69, 9.17) is 15.4 Å². The normalized spacial score (nSPS) is 11.6. The molecule has 0 saturated carbocycles. The number of anilines is 1. The maximum absolute atomic E-state index is 13.9. The number of hydrogen-bond acceptors (Lipinski definition) is 10. The lowest BCUT2D eigenvalue weighted by molar-refractivity contribution is -0.124. The van der Waals surface area contributed by atoms with E-state index in [2.05, 4.69) is 20.6 Å². The van der Waals surface area contributed by atoms with E-state index in [1.54, 1.807) is 27.9 Å². The Morgan fingerprint density at radius 3 is 2.57 bits per heavy atom. The van der Waals surface area contributed by atoms with Crippen molar-refractivity contribution in [2.45, 2.75) is 59.2 Å². The number of thiophene rings is 1.